The number of hydrogen-bond acceptors (Lipinski definition) is 2. The largest absolute Gasteiger partial charge is 0.493 e. The number of hydrogen-bond donors (Lipinski definition) is 0. The zero-order chi connectivity index (χ0) is 15.5. The van der Waals surface area contributed by atoms with E-state index in [0.29, 0.717) is 0 Å². The molecule has 0 aliphatic rings. The Bertz CT molecular complexity index is 435. The Kier molecular flexibility index (Phi) is 8.65. The molecule has 0 radical (unpaired) electrons. The van der Waals surface area contributed by atoms with Crippen LogP contribution in [0.15, 0.2) is 24.3 Å². The van der Waals surface area contributed by atoms with Gasteiger partial charge in [-0.05, 0) is 30.9 Å². The summed E-state index contributed by atoms with van der Waals surface area (Å²) < 4.78 is 11.0. The third-order valence-electron chi connectivity index (χ3n) is 3.72. The first-order chi connectivity index (χ1) is 10.3. The Morgan fingerprint density at radius 2 is 1.81 bits per heavy atom. The average Bonchev–Trinajstić information content (AvgIpc) is 2.52. The molecule has 0 spiro atoms. The average molecular weight is 290 g/mol. The Labute approximate surface area is 130 Å². The second-order valence-electron chi connectivity index (χ2n) is 5.37. The Morgan fingerprint density at radius 3 is 2.43 bits per heavy atom. The summed E-state index contributed by atoms with van der Waals surface area (Å²) in [5.74, 6) is 1.66. The van der Waals surface area contributed by atoms with E-state index in [1.54, 1.807) is 14.2 Å². The maximum absolute atomic E-state index is 5.57. The third-order valence-corrected chi connectivity index (χ3v) is 3.72. The number of ether oxygens (including phenoxy) is 2. The number of methoxy groups -OCH3 is 2. The molecule has 0 unspecified atom stereocenters. The Balaban J connectivity index is 2.91. The molecule has 0 amide bonds. The van der Waals surface area contributed by atoms with E-state index >= 15 is 0 Å². The zero-order valence-electron chi connectivity index (χ0n) is 14.1. The van der Waals surface area contributed by atoms with Crippen molar-refractivity contribution < 1.29 is 9.47 Å². The minimum absolute atomic E-state index is 0.808. The maximum atomic E-state index is 5.57. The molecule has 0 fully saturated rings. The van der Waals surface area contributed by atoms with Crippen LogP contribution >= 0.6 is 0 Å². The van der Waals surface area contributed by atoms with Crippen molar-refractivity contribution in [2.75, 3.05) is 14.2 Å². The lowest BCUT2D eigenvalue weighted by atomic mass is 9.98. The SMILES string of the molecule is CCCCCC/C=C(/CCC)c1cccc(OC)c1OC. The van der Waals surface area contributed by atoms with Crippen molar-refractivity contribution in [3.8, 4) is 11.5 Å². The van der Waals surface area contributed by atoms with Gasteiger partial charge in [0.2, 0.25) is 0 Å². The van der Waals surface area contributed by atoms with Crippen LogP contribution in [0.2, 0.25) is 0 Å². The molecule has 21 heavy (non-hydrogen) atoms. The normalized spacial score (nSPS) is 11.5. The fourth-order valence-electron chi connectivity index (χ4n) is 2.60. The van der Waals surface area contributed by atoms with E-state index < -0.39 is 0 Å². The first-order valence-corrected chi connectivity index (χ1v) is 8.18. The van der Waals surface area contributed by atoms with Crippen LogP contribution in [0, 0.1) is 0 Å². The molecule has 0 atom stereocenters. The highest BCUT2D eigenvalue weighted by Crippen LogP contribution is 2.37. The van der Waals surface area contributed by atoms with Gasteiger partial charge in [0.25, 0.3) is 0 Å². The molecule has 0 saturated heterocycles. The van der Waals surface area contributed by atoms with E-state index in [1.807, 2.05) is 12.1 Å². The van der Waals surface area contributed by atoms with Gasteiger partial charge in [-0.15, -0.1) is 0 Å². The lowest BCUT2D eigenvalue weighted by molar-refractivity contribution is 0.354. The molecule has 0 bridgehead atoms. The Morgan fingerprint density at radius 1 is 1.00 bits per heavy atom. The number of allylic oxidation sites excluding steroid dienone is 2. The minimum atomic E-state index is 0.808. The summed E-state index contributed by atoms with van der Waals surface area (Å²) in [5, 5.41) is 0. The summed E-state index contributed by atoms with van der Waals surface area (Å²) in [6.07, 6.45) is 11.0. The smallest absolute Gasteiger partial charge is 0.168 e. The highest BCUT2D eigenvalue weighted by Gasteiger charge is 2.12. The lowest BCUT2D eigenvalue weighted by Crippen LogP contribution is -1.96. The van der Waals surface area contributed by atoms with Gasteiger partial charge >= 0.3 is 0 Å². The molecule has 0 heterocycles. The molecule has 0 N–H and O–H groups in total. The molecule has 1 aromatic carbocycles. The number of rotatable bonds is 10. The molecular weight excluding hydrogens is 260 g/mol. The molecule has 1 rings (SSSR count). The van der Waals surface area contributed by atoms with Gasteiger partial charge in [-0.2, -0.15) is 0 Å². The molecule has 1 aromatic rings. The fourth-order valence-corrected chi connectivity index (χ4v) is 2.60. The Hall–Kier alpha value is -1.44. The van der Waals surface area contributed by atoms with Crippen LogP contribution in [-0.2, 0) is 0 Å². The molecule has 0 saturated carbocycles. The lowest BCUT2D eigenvalue weighted by Gasteiger charge is -2.15. The van der Waals surface area contributed by atoms with Gasteiger partial charge in [-0.1, -0.05) is 57.7 Å². The van der Waals surface area contributed by atoms with E-state index in [4.69, 9.17) is 9.47 Å². The highest BCUT2D eigenvalue weighted by atomic mass is 16.5. The van der Waals surface area contributed by atoms with Crippen molar-refractivity contribution in [3.63, 3.8) is 0 Å². The van der Waals surface area contributed by atoms with E-state index in [9.17, 15) is 0 Å². The number of unbranched alkanes of at least 4 members (excludes halogenated alkanes) is 4. The highest BCUT2D eigenvalue weighted by molar-refractivity contribution is 5.73. The standard InChI is InChI=1S/C19H30O2/c1-5-7-8-9-10-13-16(12-6-2)17-14-11-15-18(20-3)19(17)21-4/h11,13-15H,5-10,12H2,1-4H3/b16-13-. The quantitative estimate of drug-likeness (QED) is 0.503. The molecule has 118 valence electrons. The molecule has 2 nitrogen and oxygen atoms in total. The maximum Gasteiger partial charge on any atom is 0.168 e. The van der Waals surface area contributed by atoms with E-state index in [2.05, 4.69) is 26.0 Å². The van der Waals surface area contributed by atoms with E-state index in [1.165, 1.54) is 36.8 Å². The summed E-state index contributed by atoms with van der Waals surface area (Å²) in [6.45, 7) is 4.47. The zero-order valence-corrected chi connectivity index (χ0v) is 14.1. The van der Waals surface area contributed by atoms with Crippen molar-refractivity contribution in [3.05, 3.63) is 29.8 Å². The van der Waals surface area contributed by atoms with Crippen molar-refractivity contribution in [1.29, 1.82) is 0 Å². The van der Waals surface area contributed by atoms with Gasteiger partial charge in [-0.3, -0.25) is 0 Å². The van der Waals surface area contributed by atoms with Crippen LogP contribution in [0.3, 0.4) is 0 Å². The van der Waals surface area contributed by atoms with Gasteiger partial charge in [0.15, 0.2) is 11.5 Å². The fraction of sp³-hybridized carbons (Fsp3) is 0.579. The van der Waals surface area contributed by atoms with Crippen LogP contribution < -0.4 is 9.47 Å². The molecule has 2 heteroatoms. The van der Waals surface area contributed by atoms with Crippen molar-refractivity contribution in [1.82, 2.24) is 0 Å². The van der Waals surface area contributed by atoms with Crippen LogP contribution in [0.25, 0.3) is 5.57 Å². The van der Waals surface area contributed by atoms with E-state index in [0.717, 1.165) is 30.8 Å². The van der Waals surface area contributed by atoms with Crippen molar-refractivity contribution in [2.45, 2.75) is 58.8 Å². The third kappa shape index (κ3) is 5.45. The van der Waals surface area contributed by atoms with Crippen LogP contribution in [-0.4, -0.2) is 14.2 Å². The minimum Gasteiger partial charge on any atom is -0.493 e. The summed E-state index contributed by atoms with van der Waals surface area (Å²) >= 11 is 0. The van der Waals surface area contributed by atoms with Crippen molar-refractivity contribution >= 4 is 5.57 Å². The predicted octanol–water partition coefficient (Wildman–Crippen LogP) is 5.86. The first kappa shape index (κ1) is 17.6. The molecular formula is C19H30O2. The van der Waals surface area contributed by atoms with Gasteiger partial charge < -0.3 is 9.47 Å². The van der Waals surface area contributed by atoms with Crippen LogP contribution in [0.5, 0.6) is 11.5 Å². The molecule has 0 aliphatic heterocycles. The summed E-state index contributed by atoms with van der Waals surface area (Å²) in [5.41, 5.74) is 2.55. The first-order valence-electron chi connectivity index (χ1n) is 8.18. The second kappa shape index (κ2) is 10.3. The van der Waals surface area contributed by atoms with Gasteiger partial charge in [0, 0.05) is 5.56 Å². The number of benzene rings is 1. The predicted molar refractivity (Wildman–Crippen MR) is 91.2 cm³/mol. The van der Waals surface area contributed by atoms with Gasteiger partial charge in [0.05, 0.1) is 14.2 Å². The topological polar surface area (TPSA) is 18.5 Å². The summed E-state index contributed by atoms with van der Waals surface area (Å²) in [4.78, 5) is 0. The second-order valence-corrected chi connectivity index (χ2v) is 5.37. The van der Waals surface area contributed by atoms with Crippen LogP contribution in [0.4, 0.5) is 0 Å². The number of para-hydroxylation sites is 1. The van der Waals surface area contributed by atoms with Crippen LogP contribution in [0.1, 0.15) is 64.4 Å². The van der Waals surface area contributed by atoms with Crippen molar-refractivity contribution in [2.24, 2.45) is 0 Å². The summed E-state index contributed by atoms with van der Waals surface area (Å²) in [7, 11) is 3.40. The monoisotopic (exact) mass is 290 g/mol. The molecule has 0 aliphatic carbocycles. The summed E-state index contributed by atoms with van der Waals surface area (Å²) in [6, 6.07) is 6.12. The van der Waals surface area contributed by atoms with Gasteiger partial charge in [-0.25, -0.2) is 0 Å². The molecule has 0 aromatic heterocycles. The van der Waals surface area contributed by atoms with Gasteiger partial charge in [0.1, 0.15) is 0 Å². The van der Waals surface area contributed by atoms with E-state index in [-0.39, 0.29) is 0 Å².